The van der Waals surface area contributed by atoms with Crippen LogP contribution in [0.25, 0.3) is 0 Å². The number of methoxy groups -OCH3 is 1. The minimum absolute atomic E-state index is 0.130. The smallest absolute Gasteiger partial charge is 0.329 e. The fourth-order valence-electron chi connectivity index (χ4n) is 3.04. The zero-order valence-corrected chi connectivity index (χ0v) is 15.7. The number of carbonyl (C=O) groups is 4. The molecule has 28 heavy (non-hydrogen) atoms. The van der Waals surface area contributed by atoms with E-state index in [4.69, 9.17) is 9.47 Å². The summed E-state index contributed by atoms with van der Waals surface area (Å²) >= 11 is 0. The molecule has 0 spiro atoms. The van der Waals surface area contributed by atoms with Crippen molar-refractivity contribution in [1.29, 1.82) is 0 Å². The molecule has 0 bridgehead atoms. The average Bonchev–Trinajstić information content (AvgIpc) is 2.96. The molecule has 0 aromatic heterocycles. The maximum absolute atomic E-state index is 12.5. The number of rotatable bonds is 6. The Morgan fingerprint density at radius 2 is 1.64 bits per heavy atom. The van der Waals surface area contributed by atoms with Crippen molar-refractivity contribution in [3.05, 3.63) is 64.7 Å². The Balaban J connectivity index is 1.74. The van der Waals surface area contributed by atoms with Crippen LogP contribution in [0.15, 0.2) is 42.5 Å². The molecular formula is C21H19NO6. The predicted octanol–water partition coefficient (Wildman–Crippen LogP) is 2.63. The Morgan fingerprint density at radius 1 is 1.04 bits per heavy atom. The maximum atomic E-state index is 12.5. The Kier molecular flexibility index (Phi) is 5.26. The summed E-state index contributed by atoms with van der Waals surface area (Å²) < 4.78 is 10.5. The van der Waals surface area contributed by atoms with E-state index >= 15 is 0 Å². The van der Waals surface area contributed by atoms with Crippen LogP contribution >= 0.6 is 0 Å². The summed E-state index contributed by atoms with van der Waals surface area (Å²) in [4.78, 5) is 49.9. The van der Waals surface area contributed by atoms with Gasteiger partial charge in [-0.25, -0.2) is 4.79 Å². The molecule has 0 fully saturated rings. The van der Waals surface area contributed by atoms with Crippen molar-refractivity contribution >= 4 is 23.6 Å². The number of Topliss-reactive ketones (excluding diaryl/α,β-unsaturated/α-hetero) is 1. The molecule has 0 aliphatic carbocycles. The Bertz CT molecular complexity index is 946. The predicted molar refractivity (Wildman–Crippen MR) is 99.2 cm³/mol. The molecule has 1 aliphatic rings. The fraction of sp³-hybridized carbons (Fsp3) is 0.238. The number of hydrogen-bond acceptors (Lipinski definition) is 6. The highest BCUT2D eigenvalue weighted by Crippen LogP contribution is 2.26. The van der Waals surface area contributed by atoms with Crippen molar-refractivity contribution in [1.82, 2.24) is 4.90 Å². The monoisotopic (exact) mass is 381 g/mol. The topological polar surface area (TPSA) is 90.0 Å². The van der Waals surface area contributed by atoms with Crippen molar-refractivity contribution in [2.24, 2.45) is 0 Å². The van der Waals surface area contributed by atoms with Crippen LogP contribution in [-0.4, -0.2) is 41.6 Å². The van der Waals surface area contributed by atoms with Gasteiger partial charge in [-0.3, -0.25) is 19.3 Å². The third-order valence-electron chi connectivity index (χ3n) is 4.61. The van der Waals surface area contributed by atoms with Crippen LogP contribution in [0.5, 0.6) is 5.75 Å². The molecule has 1 aliphatic heterocycles. The number of nitrogens with zero attached hydrogens (tertiary/aromatic N) is 1. The lowest BCUT2D eigenvalue weighted by Gasteiger charge is -2.21. The lowest BCUT2D eigenvalue weighted by molar-refractivity contribution is -0.149. The van der Waals surface area contributed by atoms with E-state index in [9.17, 15) is 19.2 Å². The quantitative estimate of drug-likeness (QED) is 0.434. The lowest BCUT2D eigenvalue weighted by Crippen LogP contribution is -2.43. The largest absolute Gasteiger partial charge is 0.496 e. The maximum Gasteiger partial charge on any atom is 0.329 e. The lowest BCUT2D eigenvalue weighted by atomic mass is 10.1. The van der Waals surface area contributed by atoms with Gasteiger partial charge < -0.3 is 9.47 Å². The van der Waals surface area contributed by atoms with Gasteiger partial charge in [0.1, 0.15) is 18.4 Å². The summed E-state index contributed by atoms with van der Waals surface area (Å²) in [5.41, 5.74) is 1.50. The van der Waals surface area contributed by atoms with Crippen LogP contribution in [-0.2, 0) is 16.1 Å². The van der Waals surface area contributed by atoms with Gasteiger partial charge in [0.2, 0.25) is 0 Å². The number of amides is 2. The molecule has 7 heteroatoms. The van der Waals surface area contributed by atoms with Gasteiger partial charge in [0, 0.05) is 11.1 Å². The molecule has 3 rings (SSSR count). The summed E-state index contributed by atoms with van der Waals surface area (Å²) in [7, 11) is 1.47. The summed E-state index contributed by atoms with van der Waals surface area (Å²) in [5.74, 6) is -1.45. The average molecular weight is 381 g/mol. The van der Waals surface area contributed by atoms with E-state index in [2.05, 4.69) is 0 Å². The van der Waals surface area contributed by atoms with Crippen LogP contribution in [0.4, 0.5) is 0 Å². The highest BCUT2D eigenvalue weighted by atomic mass is 16.5. The summed E-state index contributed by atoms with van der Waals surface area (Å²) in [6.45, 7) is 2.71. The number of imide groups is 1. The van der Waals surface area contributed by atoms with Crippen LogP contribution in [0.1, 0.15) is 50.5 Å². The third-order valence-corrected chi connectivity index (χ3v) is 4.61. The molecule has 1 atom stereocenters. The first-order valence-electron chi connectivity index (χ1n) is 8.66. The molecule has 1 heterocycles. The highest BCUT2D eigenvalue weighted by Gasteiger charge is 2.41. The molecule has 2 amide bonds. The van der Waals surface area contributed by atoms with Crippen molar-refractivity contribution in [2.45, 2.75) is 26.5 Å². The first-order valence-corrected chi connectivity index (χ1v) is 8.66. The molecular weight excluding hydrogens is 362 g/mol. The van der Waals surface area contributed by atoms with E-state index in [0.717, 1.165) is 4.90 Å². The Labute approximate surface area is 161 Å². The third kappa shape index (κ3) is 3.38. The molecule has 0 saturated heterocycles. The van der Waals surface area contributed by atoms with Gasteiger partial charge in [0.25, 0.3) is 11.8 Å². The van der Waals surface area contributed by atoms with Gasteiger partial charge in [-0.1, -0.05) is 12.1 Å². The number of ether oxygens (including phenoxy) is 2. The van der Waals surface area contributed by atoms with Crippen LogP contribution in [0.2, 0.25) is 0 Å². The second-order valence-electron chi connectivity index (χ2n) is 6.39. The van der Waals surface area contributed by atoms with E-state index < -0.39 is 23.8 Å². The van der Waals surface area contributed by atoms with Gasteiger partial charge in [0.05, 0.1) is 18.2 Å². The van der Waals surface area contributed by atoms with Gasteiger partial charge in [-0.2, -0.15) is 0 Å². The van der Waals surface area contributed by atoms with Gasteiger partial charge in [0.15, 0.2) is 5.78 Å². The van der Waals surface area contributed by atoms with E-state index in [0.29, 0.717) is 16.9 Å². The minimum Gasteiger partial charge on any atom is -0.496 e. The Morgan fingerprint density at radius 3 is 2.18 bits per heavy atom. The molecule has 7 nitrogen and oxygen atoms in total. The van der Waals surface area contributed by atoms with E-state index in [1.165, 1.54) is 21.0 Å². The molecule has 2 aromatic rings. The zero-order valence-electron chi connectivity index (χ0n) is 15.7. The zero-order chi connectivity index (χ0) is 20.4. The van der Waals surface area contributed by atoms with Crippen molar-refractivity contribution < 1.29 is 28.7 Å². The van der Waals surface area contributed by atoms with Crippen LogP contribution < -0.4 is 4.74 Å². The minimum atomic E-state index is -1.09. The highest BCUT2D eigenvalue weighted by molar-refractivity contribution is 6.22. The standard InChI is InChI=1S/C21H19NO6/c1-12(22-19(24)16-6-4-5-7-17(16)20(22)25)21(26)28-11-15-10-14(13(2)23)8-9-18(15)27-3/h4-10,12H,11H2,1-3H3. The number of benzene rings is 2. The molecule has 1 unspecified atom stereocenters. The fourth-order valence-corrected chi connectivity index (χ4v) is 3.04. The molecule has 144 valence electrons. The van der Waals surface area contributed by atoms with Gasteiger partial charge >= 0.3 is 5.97 Å². The number of carbonyl (C=O) groups excluding carboxylic acids is 4. The first kappa shape index (κ1) is 19.3. The van der Waals surface area contributed by atoms with E-state index in [1.54, 1.807) is 42.5 Å². The normalized spacial score (nSPS) is 13.9. The van der Waals surface area contributed by atoms with Crippen molar-refractivity contribution in [2.75, 3.05) is 7.11 Å². The number of hydrogen-bond donors (Lipinski definition) is 0. The number of fused-ring (bicyclic) bond motifs is 1. The first-order chi connectivity index (χ1) is 13.3. The summed E-state index contributed by atoms with van der Waals surface area (Å²) in [5, 5.41) is 0. The van der Waals surface area contributed by atoms with E-state index in [-0.39, 0.29) is 23.5 Å². The Hall–Kier alpha value is -3.48. The second kappa shape index (κ2) is 7.64. The van der Waals surface area contributed by atoms with Crippen molar-refractivity contribution in [3.8, 4) is 5.75 Å². The summed E-state index contributed by atoms with van der Waals surface area (Å²) in [6.07, 6.45) is 0. The van der Waals surface area contributed by atoms with Crippen molar-refractivity contribution in [3.63, 3.8) is 0 Å². The van der Waals surface area contributed by atoms with Gasteiger partial charge in [-0.15, -0.1) is 0 Å². The second-order valence-corrected chi connectivity index (χ2v) is 6.39. The molecule has 0 N–H and O–H groups in total. The molecule has 0 saturated carbocycles. The molecule has 2 aromatic carbocycles. The summed E-state index contributed by atoms with van der Waals surface area (Å²) in [6, 6.07) is 10.1. The van der Waals surface area contributed by atoms with Crippen LogP contribution in [0.3, 0.4) is 0 Å². The number of esters is 1. The van der Waals surface area contributed by atoms with Crippen LogP contribution in [0, 0.1) is 0 Å². The number of ketones is 1. The SMILES string of the molecule is COc1ccc(C(C)=O)cc1COC(=O)C(C)N1C(=O)c2ccccc2C1=O. The van der Waals surface area contributed by atoms with E-state index in [1.807, 2.05) is 0 Å². The molecule has 0 radical (unpaired) electrons. The van der Waals surface area contributed by atoms with Gasteiger partial charge in [-0.05, 0) is 44.2 Å².